The third kappa shape index (κ3) is 3.99. The predicted molar refractivity (Wildman–Crippen MR) is 99.0 cm³/mol. The van der Waals surface area contributed by atoms with Crippen LogP contribution in [0.3, 0.4) is 0 Å². The summed E-state index contributed by atoms with van der Waals surface area (Å²) in [6, 6.07) is 19.7. The van der Waals surface area contributed by atoms with Gasteiger partial charge >= 0.3 is 0 Å². The lowest BCUT2D eigenvalue weighted by molar-refractivity contribution is -0.385. The highest BCUT2D eigenvalue weighted by molar-refractivity contribution is 6.31. The Morgan fingerprint density at radius 3 is 2.42 bits per heavy atom. The van der Waals surface area contributed by atoms with Crippen LogP contribution in [0.15, 0.2) is 72.8 Å². The number of rotatable bonds is 5. The van der Waals surface area contributed by atoms with Crippen molar-refractivity contribution >= 4 is 28.9 Å². The number of carbonyl (C=O) groups excluding carboxylic acids is 1. The molecule has 26 heavy (non-hydrogen) atoms. The van der Waals surface area contributed by atoms with E-state index in [2.05, 4.69) is 5.32 Å². The largest absolute Gasteiger partial charge is 0.455 e. The van der Waals surface area contributed by atoms with Gasteiger partial charge in [0.05, 0.1) is 10.6 Å². The average Bonchev–Trinajstić information content (AvgIpc) is 2.64. The Kier molecular flexibility index (Phi) is 5.15. The van der Waals surface area contributed by atoms with Crippen LogP contribution < -0.4 is 10.1 Å². The zero-order valence-corrected chi connectivity index (χ0v) is 14.1. The molecule has 3 aromatic rings. The molecule has 0 saturated carbocycles. The molecule has 0 bridgehead atoms. The molecule has 1 amide bonds. The number of amides is 1. The van der Waals surface area contributed by atoms with Crippen LogP contribution in [0.4, 0.5) is 11.4 Å². The van der Waals surface area contributed by atoms with E-state index in [0.717, 1.165) is 0 Å². The van der Waals surface area contributed by atoms with Crippen LogP contribution in [0.5, 0.6) is 11.5 Å². The Morgan fingerprint density at radius 2 is 1.69 bits per heavy atom. The first-order valence-corrected chi connectivity index (χ1v) is 7.99. The summed E-state index contributed by atoms with van der Waals surface area (Å²) < 4.78 is 5.77. The minimum absolute atomic E-state index is 0.128. The van der Waals surface area contributed by atoms with E-state index < -0.39 is 10.8 Å². The highest BCUT2D eigenvalue weighted by Gasteiger charge is 2.21. The zero-order chi connectivity index (χ0) is 18.5. The number of para-hydroxylation sites is 3. The fraction of sp³-hybridized carbons (Fsp3) is 0. The van der Waals surface area contributed by atoms with Gasteiger partial charge in [-0.2, -0.15) is 0 Å². The van der Waals surface area contributed by atoms with Crippen molar-refractivity contribution in [3.63, 3.8) is 0 Å². The zero-order valence-electron chi connectivity index (χ0n) is 13.4. The summed E-state index contributed by atoms with van der Waals surface area (Å²) in [5.41, 5.74) is -0.0685. The summed E-state index contributed by atoms with van der Waals surface area (Å²) in [6.07, 6.45) is 0. The fourth-order valence-corrected chi connectivity index (χ4v) is 2.49. The Bertz CT molecular complexity index is 961. The van der Waals surface area contributed by atoms with Crippen molar-refractivity contribution in [2.24, 2.45) is 0 Å². The summed E-state index contributed by atoms with van der Waals surface area (Å²) in [5, 5.41) is 14.0. The van der Waals surface area contributed by atoms with Gasteiger partial charge in [-0.15, -0.1) is 0 Å². The molecule has 0 aliphatic heterocycles. The van der Waals surface area contributed by atoms with E-state index in [1.54, 1.807) is 36.4 Å². The molecule has 7 heteroatoms. The van der Waals surface area contributed by atoms with Crippen LogP contribution in [0.2, 0.25) is 5.02 Å². The Balaban J connectivity index is 1.89. The Morgan fingerprint density at radius 1 is 1.00 bits per heavy atom. The molecule has 3 rings (SSSR count). The van der Waals surface area contributed by atoms with Gasteiger partial charge in [0.1, 0.15) is 11.3 Å². The van der Waals surface area contributed by atoms with Crippen LogP contribution in [0, 0.1) is 10.1 Å². The summed E-state index contributed by atoms with van der Waals surface area (Å²) in [7, 11) is 0. The van der Waals surface area contributed by atoms with Crippen molar-refractivity contribution in [2.75, 3.05) is 5.32 Å². The van der Waals surface area contributed by atoms with Gasteiger partial charge in [0, 0.05) is 11.1 Å². The fourth-order valence-electron chi connectivity index (χ4n) is 2.31. The summed E-state index contributed by atoms with van der Waals surface area (Å²) in [4.78, 5) is 23.1. The first-order valence-electron chi connectivity index (χ1n) is 7.62. The highest BCUT2D eigenvalue weighted by atomic mass is 35.5. The molecule has 0 atom stereocenters. The number of hydrogen-bond acceptors (Lipinski definition) is 4. The van der Waals surface area contributed by atoms with Crippen LogP contribution in [-0.4, -0.2) is 10.8 Å². The first-order chi connectivity index (χ1) is 12.5. The molecule has 0 heterocycles. The maximum atomic E-state index is 12.6. The monoisotopic (exact) mass is 368 g/mol. The number of nitrogens with one attached hydrogen (secondary N) is 1. The molecule has 130 valence electrons. The summed E-state index contributed by atoms with van der Waals surface area (Å²) in [6.45, 7) is 0. The van der Waals surface area contributed by atoms with Crippen LogP contribution in [-0.2, 0) is 0 Å². The third-order valence-corrected chi connectivity index (χ3v) is 3.74. The lowest BCUT2D eigenvalue weighted by atomic mass is 10.1. The Hall–Kier alpha value is -3.38. The molecule has 0 aliphatic rings. The number of nitro benzene ring substituents is 1. The van der Waals surface area contributed by atoms with Crippen molar-refractivity contribution in [3.05, 3.63) is 93.5 Å². The molecular formula is C19H13ClN2O4. The number of hydrogen-bond donors (Lipinski definition) is 1. The number of anilines is 1. The second-order valence-electron chi connectivity index (χ2n) is 5.28. The second kappa shape index (κ2) is 7.67. The molecule has 0 fully saturated rings. The number of halogens is 1. The van der Waals surface area contributed by atoms with E-state index >= 15 is 0 Å². The highest BCUT2D eigenvalue weighted by Crippen LogP contribution is 2.30. The van der Waals surface area contributed by atoms with Crippen LogP contribution >= 0.6 is 11.6 Å². The summed E-state index contributed by atoms with van der Waals surface area (Å²) in [5.74, 6) is 0.364. The van der Waals surface area contributed by atoms with Gasteiger partial charge in [0.15, 0.2) is 5.75 Å². The summed E-state index contributed by atoms with van der Waals surface area (Å²) >= 11 is 5.88. The third-order valence-electron chi connectivity index (χ3n) is 3.51. The maximum Gasteiger partial charge on any atom is 0.282 e. The molecule has 0 aromatic heterocycles. The van der Waals surface area contributed by atoms with E-state index in [4.69, 9.17) is 16.3 Å². The average molecular weight is 369 g/mol. The number of nitrogens with zero attached hydrogens (tertiary/aromatic N) is 1. The number of benzene rings is 3. The SMILES string of the molecule is O=C(Nc1ccccc1Oc1ccccc1)c1cc(Cl)ccc1[N+](=O)[O-]. The van der Waals surface area contributed by atoms with Gasteiger partial charge in [-0.25, -0.2) is 0 Å². The quantitative estimate of drug-likeness (QED) is 0.489. The van der Waals surface area contributed by atoms with E-state index in [1.165, 1.54) is 18.2 Å². The molecule has 1 N–H and O–H groups in total. The molecule has 6 nitrogen and oxygen atoms in total. The molecular weight excluding hydrogens is 356 g/mol. The molecule has 0 radical (unpaired) electrons. The molecule has 3 aromatic carbocycles. The lowest BCUT2D eigenvalue weighted by Crippen LogP contribution is -2.14. The van der Waals surface area contributed by atoms with E-state index in [1.807, 2.05) is 18.2 Å². The minimum atomic E-state index is -0.650. The maximum absolute atomic E-state index is 12.6. The Labute approximate surface area is 154 Å². The minimum Gasteiger partial charge on any atom is -0.455 e. The molecule has 0 unspecified atom stereocenters. The van der Waals surface area contributed by atoms with Crippen LogP contribution in [0.1, 0.15) is 10.4 Å². The smallest absolute Gasteiger partial charge is 0.282 e. The molecule has 0 saturated heterocycles. The predicted octanol–water partition coefficient (Wildman–Crippen LogP) is 5.29. The van der Waals surface area contributed by atoms with Gasteiger partial charge in [0.2, 0.25) is 0 Å². The van der Waals surface area contributed by atoms with E-state index in [-0.39, 0.29) is 16.3 Å². The van der Waals surface area contributed by atoms with Crippen molar-refractivity contribution in [1.29, 1.82) is 0 Å². The van der Waals surface area contributed by atoms with Gasteiger partial charge in [-0.3, -0.25) is 14.9 Å². The van der Waals surface area contributed by atoms with Crippen molar-refractivity contribution in [1.82, 2.24) is 0 Å². The van der Waals surface area contributed by atoms with Crippen molar-refractivity contribution in [2.45, 2.75) is 0 Å². The lowest BCUT2D eigenvalue weighted by Gasteiger charge is -2.12. The number of ether oxygens (including phenoxy) is 1. The van der Waals surface area contributed by atoms with Gasteiger partial charge < -0.3 is 10.1 Å². The first kappa shape index (κ1) is 17.4. The van der Waals surface area contributed by atoms with Crippen LogP contribution in [0.25, 0.3) is 0 Å². The topological polar surface area (TPSA) is 81.5 Å². The number of nitro groups is 1. The second-order valence-corrected chi connectivity index (χ2v) is 5.72. The van der Waals surface area contributed by atoms with E-state index in [9.17, 15) is 14.9 Å². The molecule has 0 spiro atoms. The van der Waals surface area contributed by atoms with Gasteiger partial charge in [-0.05, 0) is 36.4 Å². The standard InChI is InChI=1S/C19H13ClN2O4/c20-13-10-11-17(22(24)25)15(12-13)19(23)21-16-8-4-5-9-18(16)26-14-6-2-1-3-7-14/h1-12H,(H,21,23). The normalized spacial score (nSPS) is 10.2. The van der Waals surface area contributed by atoms with E-state index in [0.29, 0.717) is 17.2 Å². The number of carbonyl (C=O) groups is 1. The van der Waals surface area contributed by atoms with Gasteiger partial charge in [0.25, 0.3) is 11.6 Å². The molecule has 0 aliphatic carbocycles. The van der Waals surface area contributed by atoms with Gasteiger partial charge in [-0.1, -0.05) is 41.9 Å². The van der Waals surface area contributed by atoms with Crippen molar-refractivity contribution < 1.29 is 14.5 Å². The van der Waals surface area contributed by atoms with Crippen molar-refractivity contribution in [3.8, 4) is 11.5 Å².